The van der Waals surface area contributed by atoms with E-state index in [0.29, 0.717) is 12.2 Å². The third-order valence-corrected chi connectivity index (χ3v) is 5.69. The predicted molar refractivity (Wildman–Crippen MR) is 83.0 cm³/mol. The van der Waals surface area contributed by atoms with E-state index in [0.717, 1.165) is 24.1 Å². The average molecular weight is 305 g/mol. The van der Waals surface area contributed by atoms with E-state index >= 15 is 0 Å². The molecule has 1 aromatic carbocycles. The Morgan fingerprint density at radius 1 is 1.29 bits per heavy atom. The monoisotopic (exact) mass is 305 g/mol. The molecule has 21 heavy (non-hydrogen) atoms. The summed E-state index contributed by atoms with van der Waals surface area (Å²) in [5.74, 6) is -0.00471. The minimum Gasteiger partial charge on any atom is -0.399 e. The molecular formula is C15H19N3O2S. The highest BCUT2D eigenvalue weighted by Crippen LogP contribution is 2.34. The number of nitrogens with two attached hydrogens (primary N) is 1. The number of sulfonamides is 1. The van der Waals surface area contributed by atoms with Gasteiger partial charge in [-0.15, -0.1) is 0 Å². The Morgan fingerprint density at radius 2 is 2.14 bits per heavy atom. The molecule has 1 aliphatic rings. The van der Waals surface area contributed by atoms with E-state index in [-0.39, 0.29) is 11.8 Å². The molecule has 1 saturated heterocycles. The lowest BCUT2D eigenvalue weighted by Crippen LogP contribution is -2.31. The number of nitrogen functional groups attached to an aromatic ring is 1. The number of H-pyrrole nitrogens is 1. The fourth-order valence-corrected chi connectivity index (χ4v) is 4.69. The number of rotatable bonds is 4. The van der Waals surface area contributed by atoms with Crippen LogP contribution < -0.4 is 5.73 Å². The molecule has 6 heteroatoms. The fraction of sp³-hybridized carbons (Fsp3) is 0.333. The SMILES string of the molecule is Nc1cccc(CS(=O)(=O)N2CCCC2c2ccc[nH]2)c1. The summed E-state index contributed by atoms with van der Waals surface area (Å²) in [6.45, 7) is 0.578. The van der Waals surface area contributed by atoms with E-state index in [1.165, 1.54) is 0 Å². The van der Waals surface area contributed by atoms with Crippen LogP contribution in [-0.2, 0) is 15.8 Å². The van der Waals surface area contributed by atoms with Crippen LogP contribution in [0.3, 0.4) is 0 Å². The van der Waals surface area contributed by atoms with Crippen molar-refractivity contribution in [2.75, 3.05) is 12.3 Å². The fourth-order valence-electron chi connectivity index (χ4n) is 2.91. The zero-order chi connectivity index (χ0) is 14.9. The summed E-state index contributed by atoms with van der Waals surface area (Å²) in [5.41, 5.74) is 8.00. The topological polar surface area (TPSA) is 79.2 Å². The molecule has 1 atom stereocenters. The molecule has 1 fully saturated rings. The summed E-state index contributed by atoms with van der Waals surface area (Å²) in [6.07, 6.45) is 3.58. The van der Waals surface area contributed by atoms with Crippen LogP contribution in [0.5, 0.6) is 0 Å². The first-order valence-electron chi connectivity index (χ1n) is 7.03. The Kier molecular flexibility index (Phi) is 3.73. The van der Waals surface area contributed by atoms with E-state index in [1.54, 1.807) is 28.6 Å². The van der Waals surface area contributed by atoms with Gasteiger partial charge in [-0.05, 0) is 42.7 Å². The van der Waals surface area contributed by atoms with Crippen molar-refractivity contribution in [1.82, 2.24) is 9.29 Å². The average Bonchev–Trinajstić information content (AvgIpc) is 3.09. The smallest absolute Gasteiger partial charge is 0.218 e. The second-order valence-corrected chi connectivity index (χ2v) is 7.32. The van der Waals surface area contributed by atoms with Gasteiger partial charge in [0.15, 0.2) is 0 Å². The normalized spacial score (nSPS) is 19.9. The van der Waals surface area contributed by atoms with Crippen molar-refractivity contribution in [2.24, 2.45) is 0 Å². The molecule has 2 aromatic rings. The van der Waals surface area contributed by atoms with Crippen LogP contribution in [-0.4, -0.2) is 24.3 Å². The van der Waals surface area contributed by atoms with E-state index in [1.807, 2.05) is 18.3 Å². The number of anilines is 1. The van der Waals surface area contributed by atoms with Gasteiger partial charge in [0.1, 0.15) is 0 Å². The van der Waals surface area contributed by atoms with Gasteiger partial charge in [0.05, 0.1) is 11.8 Å². The Labute approximate surface area is 124 Å². The molecular weight excluding hydrogens is 286 g/mol. The third-order valence-electron chi connectivity index (χ3n) is 3.84. The maximum absolute atomic E-state index is 12.7. The maximum atomic E-state index is 12.7. The highest BCUT2D eigenvalue weighted by Gasteiger charge is 2.35. The molecule has 0 radical (unpaired) electrons. The standard InChI is InChI=1S/C15H19N3O2S/c16-13-5-1-4-12(10-13)11-21(19,20)18-9-3-7-15(18)14-6-2-8-17-14/h1-2,4-6,8,10,15,17H,3,7,9,11,16H2. The minimum absolute atomic E-state index is 0.00471. The van der Waals surface area contributed by atoms with Gasteiger partial charge in [-0.2, -0.15) is 4.31 Å². The highest BCUT2D eigenvalue weighted by molar-refractivity contribution is 7.88. The Balaban J connectivity index is 1.84. The van der Waals surface area contributed by atoms with Crippen molar-refractivity contribution in [3.8, 4) is 0 Å². The largest absolute Gasteiger partial charge is 0.399 e. The van der Waals surface area contributed by atoms with Gasteiger partial charge < -0.3 is 10.7 Å². The summed E-state index contributed by atoms with van der Waals surface area (Å²) in [6, 6.07) is 10.8. The summed E-state index contributed by atoms with van der Waals surface area (Å²) in [5, 5.41) is 0. The third kappa shape index (κ3) is 2.96. The number of aromatic nitrogens is 1. The highest BCUT2D eigenvalue weighted by atomic mass is 32.2. The van der Waals surface area contributed by atoms with Crippen LogP contribution in [0.4, 0.5) is 5.69 Å². The van der Waals surface area contributed by atoms with Crippen molar-refractivity contribution < 1.29 is 8.42 Å². The van der Waals surface area contributed by atoms with Crippen molar-refractivity contribution in [1.29, 1.82) is 0 Å². The molecule has 1 aromatic heterocycles. The first kappa shape index (κ1) is 14.2. The summed E-state index contributed by atoms with van der Waals surface area (Å²) in [4.78, 5) is 3.13. The molecule has 0 spiro atoms. The van der Waals surface area contributed by atoms with Gasteiger partial charge in [0, 0.05) is 24.1 Å². The second kappa shape index (κ2) is 5.54. The number of benzene rings is 1. The predicted octanol–water partition coefficient (Wildman–Crippen LogP) is 2.26. The van der Waals surface area contributed by atoms with Gasteiger partial charge in [-0.25, -0.2) is 8.42 Å². The molecule has 3 rings (SSSR count). The molecule has 0 amide bonds. The number of hydrogen-bond donors (Lipinski definition) is 2. The van der Waals surface area contributed by atoms with Crippen LogP contribution in [0.1, 0.15) is 30.1 Å². The zero-order valence-corrected chi connectivity index (χ0v) is 12.5. The number of aromatic amines is 1. The first-order chi connectivity index (χ1) is 10.1. The Hall–Kier alpha value is -1.79. The molecule has 5 nitrogen and oxygen atoms in total. The van der Waals surface area contributed by atoms with Crippen molar-refractivity contribution in [3.05, 3.63) is 53.9 Å². The molecule has 0 bridgehead atoms. The van der Waals surface area contributed by atoms with Crippen LogP contribution in [0, 0.1) is 0 Å². The Bertz CT molecular complexity index is 710. The maximum Gasteiger partial charge on any atom is 0.218 e. The second-order valence-electron chi connectivity index (χ2n) is 5.40. The van der Waals surface area contributed by atoms with Crippen LogP contribution in [0.15, 0.2) is 42.6 Å². The van der Waals surface area contributed by atoms with E-state index in [4.69, 9.17) is 5.73 Å². The minimum atomic E-state index is -3.35. The van der Waals surface area contributed by atoms with Crippen LogP contribution in [0.2, 0.25) is 0 Å². The summed E-state index contributed by atoms with van der Waals surface area (Å²) in [7, 11) is -3.35. The quantitative estimate of drug-likeness (QED) is 0.850. The molecule has 3 N–H and O–H groups in total. The number of nitrogens with zero attached hydrogens (tertiary/aromatic N) is 1. The molecule has 112 valence electrons. The number of nitrogens with one attached hydrogen (secondary N) is 1. The van der Waals surface area contributed by atoms with E-state index in [9.17, 15) is 8.42 Å². The van der Waals surface area contributed by atoms with Crippen molar-refractivity contribution in [2.45, 2.75) is 24.6 Å². The molecule has 2 heterocycles. The summed E-state index contributed by atoms with van der Waals surface area (Å²) >= 11 is 0. The van der Waals surface area contributed by atoms with Gasteiger partial charge in [0.2, 0.25) is 10.0 Å². The Morgan fingerprint density at radius 3 is 2.86 bits per heavy atom. The van der Waals surface area contributed by atoms with Gasteiger partial charge in [-0.3, -0.25) is 0 Å². The van der Waals surface area contributed by atoms with Gasteiger partial charge in [0.25, 0.3) is 0 Å². The van der Waals surface area contributed by atoms with Gasteiger partial charge in [-0.1, -0.05) is 12.1 Å². The first-order valence-corrected chi connectivity index (χ1v) is 8.64. The molecule has 0 saturated carbocycles. The molecule has 1 unspecified atom stereocenters. The van der Waals surface area contributed by atoms with Crippen LogP contribution >= 0.6 is 0 Å². The van der Waals surface area contributed by atoms with Crippen LogP contribution in [0.25, 0.3) is 0 Å². The molecule has 1 aliphatic heterocycles. The zero-order valence-electron chi connectivity index (χ0n) is 11.7. The van der Waals surface area contributed by atoms with Gasteiger partial charge >= 0.3 is 0 Å². The van der Waals surface area contributed by atoms with Crippen molar-refractivity contribution in [3.63, 3.8) is 0 Å². The lowest BCUT2D eigenvalue weighted by Gasteiger charge is -2.23. The van der Waals surface area contributed by atoms with Crippen molar-refractivity contribution >= 4 is 15.7 Å². The lowest BCUT2D eigenvalue weighted by atomic mass is 10.2. The summed E-state index contributed by atoms with van der Waals surface area (Å²) < 4.78 is 27.0. The number of hydrogen-bond acceptors (Lipinski definition) is 3. The van der Waals surface area contributed by atoms with E-state index in [2.05, 4.69) is 4.98 Å². The van der Waals surface area contributed by atoms with E-state index < -0.39 is 10.0 Å². The molecule has 0 aliphatic carbocycles. The lowest BCUT2D eigenvalue weighted by molar-refractivity contribution is 0.391.